The normalized spacial score (nSPS) is 15.2. The minimum Gasteiger partial charge on any atom is -0.0619 e. The third-order valence-electron chi connectivity index (χ3n) is 3.85. The molecule has 0 fully saturated rings. The van der Waals surface area contributed by atoms with Crippen LogP contribution in [0.5, 0.6) is 0 Å². The number of fused-ring (bicyclic) bond motifs is 5. The van der Waals surface area contributed by atoms with Crippen LogP contribution in [-0.2, 0) is 19.3 Å². The maximum atomic E-state index is 2.32. The molecule has 2 aliphatic carbocycles. The van der Waals surface area contributed by atoms with Crippen molar-refractivity contribution in [2.45, 2.75) is 19.3 Å². The second-order valence-corrected chi connectivity index (χ2v) is 4.56. The van der Waals surface area contributed by atoms with Crippen molar-refractivity contribution < 1.29 is 0 Å². The van der Waals surface area contributed by atoms with Crippen molar-refractivity contribution in [3.05, 3.63) is 58.7 Å². The van der Waals surface area contributed by atoms with Gasteiger partial charge in [0.15, 0.2) is 0 Å². The molecule has 2 aromatic rings. The van der Waals surface area contributed by atoms with Crippen LogP contribution in [-0.4, -0.2) is 0 Å². The average Bonchev–Trinajstić information content (AvgIpc) is 2.56. The first kappa shape index (κ1) is 7.70. The Labute approximate surface area is 89.6 Å². The first-order chi connectivity index (χ1) is 7.43. The monoisotopic (exact) mass is 192 g/mol. The van der Waals surface area contributed by atoms with E-state index in [1.807, 2.05) is 0 Å². The Morgan fingerprint density at radius 1 is 0.667 bits per heavy atom. The molecule has 0 heteroatoms. The third kappa shape index (κ3) is 0.872. The van der Waals surface area contributed by atoms with Crippen LogP contribution in [0, 0.1) is 0 Å². The topological polar surface area (TPSA) is 0 Å². The molecular formula is C15H12. The van der Waals surface area contributed by atoms with E-state index in [2.05, 4.69) is 36.4 Å². The Balaban J connectivity index is 2.05. The van der Waals surface area contributed by atoms with Gasteiger partial charge in [0.05, 0.1) is 0 Å². The van der Waals surface area contributed by atoms with Gasteiger partial charge in [-0.05, 0) is 52.6 Å². The van der Waals surface area contributed by atoms with E-state index in [0.29, 0.717) is 0 Å². The summed E-state index contributed by atoms with van der Waals surface area (Å²) in [5.74, 6) is 0. The first-order valence-electron chi connectivity index (χ1n) is 5.65. The van der Waals surface area contributed by atoms with E-state index in [1.54, 1.807) is 16.7 Å². The Hall–Kier alpha value is -1.56. The molecule has 4 rings (SSSR count). The van der Waals surface area contributed by atoms with Gasteiger partial charge in [-0.2, -0.15) is 0 Å². The van der Waals surface area contributed by atoms with Crippen LogP contribution >= 0.6 is 0 Å². The summed E-state index contributed by atoms with van der Waals surface area (Å²) in [7, 11) is 0. The Bertz CT molecular complexity index is 564. The molecule has 0 heterocycles. The van der Waals surface area contributed by atoms with Crippen molar-refractivity contribution in [3.63, 3.8) is 0 Å². The number of hydrogen-bond acceptors (Lipinski definition) is 0. The molecule has 2 aliphatic rings. The summed E-state index contributed by atoms with van der Waals surface area (Å²) in [6, 6.07) is 13.5. The number of benzene rings is 2. The number of hydrogen-bond donors (Lipinski definition) is 0. The molecule has 0 radical (unpaired) electrons. The predicted octanol–water partition coefficient (Wildman–Crippen LogP) is 3.36. The van der Waals surface area contributed by atoms with E-state index < -0.39 is 0 Å². The maximum absolute atomic E-state index is 2.32. The molecule has 0 spiro atoms. The summed E-state index contributed by atoms with van der Waals surface area (Å²) in [5, 5.41) is 0. The fraction of sp³-hybridized carbons (Fsp3) is 0.200. The van der Waals surface area contributed by atoms with Gasteiger partial charge >= 0.3 is 0 Å². The molecule has 0 aromatic heterocycles. The fourth-order valence-corrected chi connectivity index (χ4v) is 2.95. The van der Waals surface area contributed by atoms with Gasteiger partial charge in [-0.25, -0.2) is 0 Å². The molecular weight excluding hydrogens is 180 g/mol. The van der Waals surface area contributed by atoms with Crippen LogP contribution in [0.3, 0.4) is 0 Å². The van der Waals surface area contributed by atoms with Crippen molar-refractivity contribution in [2.75, 3.05) is 0 Å². The number of aryl methyl sites for hydroxylation is 1. The molecule has 0 atom stereocenters. The van der Waals surface area contributed by atoms with Gasteiger partial charge < -0.3 is 0 Å². The third-order valence-corrected chi connectivity index (χ3v) is 3.85. The fourth-order valence-electron chi connectivity index (χ4n) is 2.95. The molecule has 0 bridgehead atoms. The van der Waals surface area contributed by atoms with E-state index in [0.717, 1.165) is 6.42 Å². The second-order valence-electron chi connectivity index (χ2n) is 4.56. The standard InChI is InChI=1S/C15H12/c1-2-4-12-11(3-1)9-15-13-7-5-10(13)6-8-14(12)15/h1-4,6,8H,5,7,9H2. The van der Waals surface area contributed by atoms with Gasteiger partial charge in [0.2, 0.25) is 0 Å². The highest BCUT2D eigenvalue weighted by Gasteiger charge is 2.25. The molecule has 0 nitrogen and oxygen atoms in total. The van der Waals surface area contributed by atoms with Gasteiger partial charge in [0.25, 0.3) is 0 Å². The molecule has 2 aromatic carbocycles. The van der Waals surface area contributed by atoms with Gasteiger partial charge in [0.1, 0.15) is 0 Å². The van der Waals surface area contributed by atoms with E-state index >= 15 is 0 Å². The highest BCUT2D eigenvalue weighted by molar-refractivity contribution is 5.79. The van der Waals surface area contributed by atoms with Crippen molar-refractivity contribution in [3.8, 4) is 11.1 Å². The van der Waals surface area contributed by atoms with Gasteiger partial charge in [-0.3, -0.25) is 0 Å². The lowest BCUT2D eigenvalue weighted by molar-refractivity contribution is 0.824. The molecule has 72 valence electrons. The van der Waals surface area contributed by atoms with E-state index in [4.69, 9.17) is 0 Å². The predicted molar refractivity (Wildman–Crippen MR) is 62.1 cm³/mol. The van der Waals surface area contributed by atoms with Crippen molar-refractivity contribution in [1.82, 2.24) is 0 Å². The lowest BCUT2D eigenvalue weighted by Gasteiger charge is -2.22. The SMILES string of the molecule is c1ccc2c(c1)Cc1c-2ccc2c1CC2. The maximum Gasteiger partial charge on any atom is -0.00106 e. The highest BCUT2D eigenvalue weighted by atomic mass is 14.3. The highest BCUT2D eigenvalue weighted by Crippen LogP contribution is 2.42. The van der Waals surface area contributed by atoms with Crippen LogP contribution in [0.25, 0.3) is 11.1 Å². The molecule has 0 unspecified atom stereocenters. The minimum atomic E-state index is 1.16. The molecule has 0 saturated heterocycles. The van der Waals surface area contributed by atoms with E-state index in [1.165, 1.54) is 29.5 Å². The summed E-state index contributed by atoms with van der Waals surface area (Å²) in [6.45, 7) is 0. The van der Waals surface area contributed by atoms with Crippen LogP contribution in [0.15, 0.2) is 36.4 Å². The smallest absolute Gasteiger partial charge is 0.00106 e. The summed E-state index contributed by atoms with van der Waals surface area (Å²) < 4.78 is 0. The van der Waals surface area contributed by atoms with Gasteiger partial charge in [-0.1, -0.05) is 36.4 Å². The van der Waals surface area contributed by atoms with E-state index in [9.17, 15) is 0 Å². The Morgan fingerprint density at radius 3 is 2.47 bits per heavy atom. The Kier molecular flexibility index (Phi) is 1.29. The van der Waals surface area contributed by atoms with Crippen LogP contribution < -0.4 is 0 Å². The zero-order valence-corrected chi connectivity index (χ0v) is 8.59. The van der Waals surface area contributed by atoms with Crippen LogP contribution in [0.2, 0.25) is 0 Å². The molecule has 0 saturated carbocycles. The lowest BCUT2D eigenvalue weighted by Crippen LogP contribution is -2.11. The zero-order valence-electron chi connectivity index (χ0n) is 8.59. The summed E-state index contributed by atoms with van der Waals surface area (Å²) in [5.41, 5.74) is 9.30. The van der Waals surface area contributed by atoms with Crippen molar-refractivity contribution in [1.29, 1.82) is 0 Å². The second kappa shape index (κ2) is 2.52. The molecule has 0 amide bonds. The molecule has 0 N–H and O–H groups in total. The van der Waals surface area contributed by atoms with Crippen molar-refractivity contribution in [2.24, 2.45) is 0 Å². The summed E-state index contributed by atoms with van der Waals surface area (Å²) in [6.07, 6.45) is 3.75. The largest absolute Gasteiger partial charge is 0.0619 e. The van der Waals surface area contributed by atoms with Crippen molar-refractivity contribution >= 4 is 0 Å². The van der Waals surface area contributed by atoms with Gasteiger partial charge in [0, 0.05) is 0 Å². The van der Waals surface area contributed by atoms with Gasteiger partial charge in [-0.15, -0.1) is 0 Å². The molecule has 0 aliphatic heterocycles. The first-order valence-corrected chi connectivity index (χ1v) is 5.65. The summed E-state index contributed by atoms with van der Waals surface area (Å²) >= 11 is 0. The average molecular weight is 192 g/mol. The minimum absolute atomic E-state index is 1.16. The van der Waals surface area contributed by atoms with E-state index in [-0.39, 0.29) is 0 Å². The Morgan fingerprint density at radius 2 is 1.60 bits per heavy atom. The quantitative estimate of drug-likeness (QED) is 0.512. The van der Waals surface area contributed by atoms with Crippen LogP contribution in [0.4, 0.5) is 0 Å². The molecule has 15 heavy (non-hydrogen) atoms. The summed E-state index contributed by atoms with van der Waals surface area (Å²) in [4.78, 5) is 0. The number of rotatable bonds is 0. The zero-order chi connectivity index (χ0) is 9.83. The lowest BCUT2D eigenvalue weighted by atomic mass is 9.83. The van der Waals surface area contributed by atoms with Crippen LogP contribution in [0.1, 0.15) is 22.3 Å².